The summed E-state index contributed by atoms with van der Waals surface area (Å²) in [5.41, 5.74) is 3.17. The summed E-state index contributed by atoms with van der Waals surface area (Å²) >= 11 is 0. The minimum absolute atomic E-state index is 0.302. The van der Waals surface area contributed by atoms with Crippen LogP contribution in [0.5, 0.6) is 0 Å². The first-order valence-electron chi connectivity index (χ1n) is 6.53. The van der Waals surface area contributed by atoms with Crippen molar-refractivity contribution in [2.45, 2.75) is 51.1 Å². The Morgan fingerprint density at radius 3 is 2.75 bits per heavy atom. The van der Waals surface area contributed by atoms with Gasteiger partial charge in [0.15, 0.2) is 0 Å². The van der Waals surface area contributed by atoms with Gasteiger partial charge in [-0.3, -0.25) is 0 Å². The quantitative estimate of drug-likeness (QED) is 0.757. The maximum atomic E-state index is 3.87. The first kappa shape index (κ1) is 10.3. The molecule has 3 rings (SSSR count). The zero-order valence-electron chi connectivity index (χ0n) is 10.3. The number of piperidine rings is 1. The molecule has 1 aromatic rings. The number of hydrogen-bond acceptors (Lipinski definition) is 1. The largest absolute Gasteiger partial charge is 0.305 e. The molecule has 2 bridgehead atoms. The SMILES string of the molecule is Cc1ccc(C23CCC(CC(C)C2)N3)cc1. The molecule has 2 aliphatic rings. The molecule has 2 heterocycles. The summed E-state index contributed by atoms with van der Waals surface area (Å²) in [4.78, 5) is 0. The lowest BCUT2D eigenvalue weighted by molar-refractivity contribution is 0.222. The van der Waals surface area contributed by atoms with Gasteiger partial charge >= 0.3 is 0 Å². The number of benzene rings is 1. The van der Waals surface area contributed by atoms with E-state index in [1.807, 2.05) is 0 Å². The van der Waals surface area contributed by atoms with E-state index in [1.165, 1.54) is 36.8 Å². The monoisotopic (exact) mass is 215 g/mol. The number of fused-ring (bicyclic) bond motifs is 2. The van der Waals surface area contributed by atoms with Gasteiger partial charge in [-0.2, -0.15) is 0 Å². The van der Waals surface area contributed by atoms with E-state index >= 15 is 0 Å². The average molecular weight is 215 g/mol. The van der Waals surface area contributed by atoms with Crippen LogP contribution in [0.15, 0.2) is 24.3 Å². The molecule has 86 valence electrons. The van der Waals surface area contributed by atoms with Crippen LogP contribution in [0.25, 0.3) is 0 Å². The summed E-state index contributed by atoms with van der Waals surface area (Å²) in [5.74, 6) is 0.870. The van der Waals surface area contributed by atoms with Gasteiger partial charge in [0.1, 0.15) is 0 Å². The second-order valence-electron chi connectivity index (χ2n) is 5.87. The van der Waals surface area contributed by atoms with Crippen molar-refractivity contribution in [2.75, 3.05) is 0 Å². The zero-order valence-corrected chi connectivity index (χ0v) is 10.3. The Kier molecular flexibility index (Phi) is 2.32. The lowest BCUT2D eigenvalue weighted by Gasteiger charge is -2.38. The highest BCUT2D eigenvalue weighted by Gasteiger charge is 2.44. The van der Waals surface area contributed by atoms with Crippen molar-refractivity contribution in [1.82, 2.24) is 5.32 Å². The van der Waals surface area contributed by atoms with Crippen LogP contribution in [0.3, 0.4) is 0 Å². The van der Waals surface area contributed by atoms with E-state index < -0.39 is 0 Å². The molecule has 3 unspecified atom stereocenters. The maximum Gasteiger partial charge on any atom is 0.0439 e. The van der Waals surface area contributed by atoms with Crippen molar-refractivity contribution in [3.05, 3.63) is 35.4 Å². The molecule has 0 aliphatic carbocycles. The molecule has 1 N–H and O–H groups in total. The van der Waals surface area contributed by atoms with Crippen LogP contribution in [0, 0.1) is 12.8 Å². The molecular formula is C15H21N. The van der Waals surface area contributed by atoms with Crippen molar-refractivity contribution in [3.8, 4) is 0 Å². The van der Waals surface area contributed by atoms with Crippen LogP contribution in [-0.2, 0) is 5.54 Å². The van der Waals surface area contributed by atoms with Crippen LogP contribution in [0.2, 0.25) is 0 Å². The number of aryl methyl sites for hydroxylation is 1. The Bertz CT molecular complexity index is 381. The fourth-order valence-electron chi connectivity index (χ4n) is 3.68. The van der Waals surface area contributed by atoms with E-state index in [2.05, 4.69) is 43.4 Å². The first-order valence-corrected chi connectivity index (χ1v) is 6.53. The highest BCUT2D eigenvalue weighted by Crippen LogP contribution is 2.45. The van der Waals surface area contributed by atoms with Gasteiger partial charge in [0.2, 0.25) is 0 Å². The van der Waals surface area contributed by atoms with Gasteiger partial charge in [0.05, 0.1) is 0 Å². The van der Waals surface area contributed by atoms with Crippen LogP contribution in [0.1, 0.15) is 43.7 Å². The summed E-state index contributed by atoms with van der Waals surface area (Å²) < 4.78 is 0. The van der Waals surface area contributed by atoms with Gasteiger partial charge in [-0.25, -0.2) is 0 Å². The molecule has 0 amide bonds. The van der Waals surface area contributed by atoms with Crippen LogP contribution in [-0.4, -0.2) is 6.04 Å². The molecule has 2 aliphatic heterocycles. The predicted molar refractivity (Wildman–Crippen MR) is 67.4 cm³/mol. The van der Waals surface area contributed by atoms with Gasteiger partial charge < -0.3 is 5.32 Å². The van der Waals surface area contributed by atoms with Gasteiger partial charge in [0.25, 0.3) is 0 Å². The van der Waals surface area contributed by atoms with Crippen molar-refractivity contribution < 1.29 is 0 Å². The van der Waals surface area contributed by atoms with Gasteiger partial charge in [-0.1, -0.05) is 36.8 Å². The minimum Gasteiger partial charge on any atom is -0.305 e. The normalized spacial score (nSPS) is 37.6. The molecule has 2 fully saturated rings. The molecule has 3 atom stereocenters. The molecule has 0 spiro atoms. The third kappa shape index (κ3) is 1.58. The van der Waals surface area contributed by atoms with Gasteiger partial charge in [-0.15, -0.1) is 0 Å². The highest BCUT2D eigenvalue weighted by atomic mass is 15.1. The lowest BCUT2D eigenvalue weighted by atomic mass is 9.79. The number of rotatable bonds is 1. The van der Waals surface area contributed by atoms with Gasteiger partial charge in [0, 0.05) is 11.6 Å². The first-order chi connectivity index (χ1) is 7.68. The minimum atomic E-state index is 0.302. The van der Waals surface area contributed by atoms with E-state index in [0.717, 1.165) is 12.0 Å². The second-order valence-corrected chi connectivity index (χ2v) is 5.87. The van der Waals surface area contributed by atoms with E-state index in [9.17, 15) is 0 Å². The third-order valence-electron chi connectivity index (χ3n) is 4.39. The third-order valence-corrected chi connectivity index (χ3v) is 4.39. The van der Waals surface area contributed by atoms with E-state index in [0.29, 0.717) is 5.54 Å². The van der Waals surface area contributed by atoms with Crippen LogP contribution < -0.4 is 5.32 Å². The van der Waals surface area contributed by atoms with Crippen molar-refractivity contribution in [1.29, 1.82) is 0 Å². The van der Waals surface area contributed by atoms with Crippen molar-refractivity contribution in [3.63, 3.8) is 0 Å². The topological polar surface area (TPSA) is 12.0 Å². The number of hydrogen-bond donors (Lipinski definition) is 1. The van der Waals surface area contributed by atoms with Crippen LogP contribution >= 0.6 is 0 Å². The zero-order chi connectivity index (χ0) is 11.2. The molecule has 16 heavy (non-hydrogen) atoms. The summed E-state index contributed by atoms with van der Waals surface area (Å²) in [6, 6.07) is 9.91. The molecule has 0 radical (unpaired) electrons. The molecule has 0 aromatic heterocycles. The molecule has 1 heteroatoms. The van der Waals surface area contributed by atoms with Gasteiger partial charge in [-0.05, 0) is 44.1 Å². The molecule has 0 saturated carbocycles. The van der Waals surface area contributed by atoms with Crippen molar-refractivity contribution in [2.24, 2.45) is 5.92 Å². The summed E-state index contributed by atoms with van der Waals surface area (Å²) in [6.07, 6.45) is 5.36. The van der Waals surface area contributed by atoms with Crippen LogP contribution in [0.4, 0.5) is 0 Å². The summed E-state index contributed by atoms with van der Waals surface area (Å²) in [7, 11) is 0. The predicted octanol–water partition coefficient (Wildman–Crippen LogP) is 3.37. The number of nitrogens with one attached hydrogen (secondary N) is 1. The summed E-state index contributed by atoms with van der Waals surface area (Å²) in [6.45, 7) is 4.57. The summed E-state index contributed by atoms with van der Waals surface area (Å²) in [5, 5.41) is 3.87. The maximum absolute atomic E-state index is 3.87. The molecule has 2 saturated heterocycles. The Balaban J connectivity index is 1.95. The molecule has 1 nitrogen and oxygen atoms in total. The Morgan fingerprint density at radius 2 is 2.00 bits per heavy atom. The van der Waals surface area contributed by atoms with E-state index in [-0.39, 0.29) is 0 Å². The Morgan fingerprint density at radius 1 is 1.25 bits per heavy atom. The Labute approximate surface area is 98.3 Å². The molecular weight excluding hydrogens is 194 g/mol. The average Bonchev–Trinajstić information content (AvgIpc) is 2.56. The second kappa shape index (κ2) is 3.59. The fourth-order valence-corrected chi connectivity index (χ4v) is 3.68. The van der Waals surface area contributed by atoms with E-state index in [4.69, 9.17) is 0 Å². The smallest absolute Gasteiger partial charge is 0.0439 e. The standard InChI is InChI=1S/C15H21N/c1-11-3-5-13(6-4-11)15-8-7-14(16-15)9-12(2)10-15/h3-6,12,14,16H,7-10H2,1-2H3. The fraction of sp³-hybridized carbons (Fsp3) is 0.600. The lowest BCUT2D eigenvalue weighted by Crippen LogP contribution is -2.46. The highest BCUT2D eigenvalue weighted by molar-refractivity contribution is 5.30. The molecule has 1 aromatic carbocycles. The van der Waals surface area contributed by atoms with Crippen molar-refractivity contribution >= 4 is 0 Å². The van der Waals surface area contributed by atoms with E-state index in [1.54, 1.807) is 0 Å². The Hall–Kier alpha value is -0.820.